The molecule has 0 saturated heterocycles. The fourth-order valence-corrected chi connectivity index (χ4v) is 0. The Hall–Kier alpha value is -2.62. The van der Waals surface area contributed by atoms with Crippen molar-refractivity contribution in [1.29, 1.82) is 0 Å². The van der Waals surface area contributed by atoms with Gasteiger partial charge in [0, 0.05) is 20.1 Å². The molecule has 0 bridgehead atoms. The van der Waals surface area contributed by atoms with E-state index in [9.17, 15) is 0 Å². The molecular weight excluding hydrogens is 753 g/mol. The van der Waals surface area contributed by atoms with E-state index >= 15 is 0 Å². The molecule has 0 saturated carbocycles. The van der Waals surface area contributed by atoms with Crippen molar-refractivity contribution < 1.29 is 77.8 Å². The summed E-state index contributed by atoms with van der Waals surface area (Å²) < 4.78 is 25.6. The van der Waals surface area contributed by atoms with E-state index in [4.69, 9.17) is 118 Å². The molecule has 0 aromatic carbocycles. The molecule has 0 aliphatic rings. The molecule has 0 atom stereocenters. The van der Waals surface area contributed by atoms with Crippen molar-refractivity contribution in [3.05, 3.63) is 60.7 Å². The van der Waals surface area contributed by atoms with Gasteiger partial charge in [0.05, 0.1) is 0 Å². The van der Waals surface area contributed by atoms with E-state index in [1.165, 1.54) is 0 Å². The van der Waals surface area contributed by atoms with E-state index in [1.54, 1.807) is 0 Å². The van der Waals surface area contributed by atoms with Gasteiger partial charge in [-0.05, 0) is 0 Å². The normalized spacial score (nSPS) is 7.32. The maximum atomic E-state index is 8.55. The Morgan fingerprint density at radius 2 is 0.324 bits per heavy atom. The molecule has 0 aromatic heterocycles. The van der Waals surface area contributed by atoms with Gasteiger partial charge in [-0.25, -0.2) is 0 Å². The van der Waals surface area contributed by atoms with Crippen LogP contribution in [0.3, 0.4) is 0 Å². The van der Waals surface area contributed by atoms with Gasteiger partial charge in [-0.15, -0.1) is 32.0 Å². The molecule has 0 aromatic rings. The molecule has 0 aliphatic carbocycles. The Bertz CT molecular complexity index is 412. The fraction of sp³-hybridized carbons (Fsp3) is 0. The summed E-state index contributed by atoms with van der Waals surface area (Å²) in [6.45, 7) is 0. The van der Waals surface area contributed by atoms with Crippen LogP contribution in [0.1, 0.15) is 0 Å². The minimum atomic E-state index is -5.39. The second kappa shape index (κ2) is 57.4. The van der Waals surface area contributed by atoms with Gasteiger partial charge in [0.25, 0.3) is 0 Å². The van der Waals surface area contributed by atoms with Gasteiger partial charge < -0.3 is 118 Å². The van der Waals surface area contributed by atoms with Crippen LogP contribution >= 0.6 is 23.5 Å². The second-order valence-corrected chi connectivity index (χ2v) is 4.47. The van der Waals surface area contributed by atoms with Gasteiger partial charge in [-0.2, -0.15) is 23.5 Å². The van der Waals surface area contributed by atoms with Gasteiger partial charge in [0.2, 0.25) is 0 Å². The fourth-order valence-electron chi connectivity index (χ4n) is 0. The predicted molar refractivity (Wildman–Crippen MR) is 77.8 cm³/mol. The Morgan fingerprint density at radius 3 is 0.324 bits per heavy atom. The molecule has 0 aliphatic heterocycles. The molecule has 0 unspecified atom stereocenters. The molecule has 0 fully saturated rings. The van der Waals surface area contributed by atoms with Crippen LogP contribution in [0, 0.1) is 60.7 Å². The summed E-state index contributed by atoms with van der Waals surface area (Å²) >= 11 is 0. The number of rotatable bonds is 0. The summed E-state index contributed by atoms with van der Waals surface area (Å²) in [7, 11) is -16.2. The second-order valence-electron chi connectivity index (χ2n) is 1.79. The van der Waals surface area contributed by atoms with Gasteiger partial charge in [-0.3, -0.25) is 0 Å². The molecular formula is IrN6O24P3-15. The minimum absolute atomic E-state index is 0. The smallest absolute Gasteiger partial charge is 0 e. The van der Waals surface area contributed by atoms with Crippen molar-refractivity contribution in [2.75, 3.05) is 0 Å². The number of hydrogen-bond acceptors (Lipinski definition) is 30. The Labute approximate surface area is 194 Å². The van der Waals surface area contributed by atoms with Gasteiger partial charge in [0.1, 0.15) is 0 Å². The zero-order chi connectivity index (χ0) is 29.7. The Balaban J connectivity index is -0.0000000240. The summed E-state index contributed by atoms with van der Waals surface area (Å²) in [5.41, 5.74) is 0. The average Bonchev–Trinajstić information content (AvgIpc) is 2.46. The van der Waals surface area contributed by atoms with Crippen LogP contribution in [0.15, 0.2) is 32.0 Å². The SMILES string of the molecule is O=N[O-].O=N[O-].O=N[O-].O=N[O-].O=N[O-].O=N[O-].O=P([O-])([O-])[O-].O=P([O-])([O-])[O-].O=P([O-])([O-])[O-].[Ir]. The van der Waals surface area contributed by atoms with Crippen molar-refractivity contribution in [2.45, 2.75) is 0 Å². The molecule has 34 heteroatoms. The maximum absolute atomic E-state index is 8.55. The predicted octanol–water partition coefficient (Wildman–Crippen LogP) is -6.97. The van der Waals surface area contributed by atoms with Crippen LogP contribution in [0.4, 0.5) is 0 Å². The van der Waals surface area contributed by atoms with Crippen LogP contribution in [0.2, 0.25) is 0 Å². The molecule has 0 rings (SSSR count). The number of hydrogen-bond donors (Lipinski definition) is 0. The quantitative estimate of drug-likeness (QED) is 0.126. The third kappa shape index (κ3) is 3450. The van der Waals surface area contributed by atoms with Crippen molar-refractivity contribution in [1.82, 2.24) is 0 Å². The van der Waals surface area contributed by atoms with Gasteiger partial charge in [-0.1, -0.05) is 0 Å². The van der Waals surface area contributed by atoms with Crippen LogP contribution in [0.5, 0.6) is 0 Å². The molecule has 0 spiro atoms. The standard InChI is InChI=1S/Ir.6HNO2.3H3O4P/c;6*2-1-3;3*1-5(2,3)4/h;6*(H,2,3);3*(H3,1,2,3,4)/p-15. The van der Waals surface area contributed by atoms with Crippen LogP contribution < -0.4 is 44.0 Å². The van der Waals surface area contributed by atoms with Crippen molar-refractivity contribution >= 4 is 23.5 Å². The Morgan fingerprint density at radius 1 is 0.324 bits per heavy atom. The Kier molecular flexibility index (Phi) is 107. The molecule has 0 heterocycles. The van der Waals surface area contributed by atoms with E-state index in [0.29, 0.717) is 0 Å². The molecule has 30 nitrogen and oxygen atoms in total. The van der Waals surface area contributed by atoms with Crippen LogP contribution in [-0.4, -0.2) is 0 Å². The van der Waals surface area contributed by atoms with E-state index in [2.05, 4.69) is 0 Å². The van der Waals surface area contributed by atoms with E-state index in [1.807, 2.05) is 0 Å². The van der Waals surface area contributed by atoms with Gasteiger partial charge >= 0.3 is 0 Å². The van der Waals surface area contributed by atoms with Crippen LogP contribution in [0.25, 0.3) is 0 Å². The summed E-state index contributed by atoms with van der Waals surface area (Å²) in [5.74, 6) is 0. The first kappa shape index (κ1) is 63.4. The summed E-state index contributed by atoms with van der Waals surface area (Å²) in [4.78, 5) is 125. The number of phosphoric acid groups is 3. The van der Waals surface area contributed by atoms with Gasteiger partial charge in [0.15, 0.2) is 0 Å². The monoisotopic (exact) mass is 754 g/mol. The van der Waals surface area contributed by atoms with Crippen molar-refractivity contribution in [3.8, 4) is 0 Å². The largest absolute Gasteiger partial charge is 0.822 e. The first-order valence-corrected chi connectivity index (χ1v) is 8.76. The summed E-state index contributed by atoms with van der Waals surface area (Å²) in [6.07, 6.45) is 0. The summed E-state index contributed by atoms with van der Waals surface area (Å²) in [6, 6.07) is 0. The molecule has 0 N–H and O–H groups in total. The summed E-state index contributed by atoms with van der Waals surface area (Å²) in [5, 5.41) is 54.0. The number of nitrogens with zero attached hydrogens (tertiary/aromatic N) is 6. The molecule has 34 heavy (non-hydrogen) atoms. The zero-order valence-corrected chi connectivity index (χ0v) is 19.2. The molecule has 0 amide bonds. The zero-order valence-electron chi connectivity index (χ0n) is 14.2. The third-order valence-corrected chi connectivity index (χ3v) is 0. The van der Waals surface area contributed by atoms with Crippen molar-refractivity contribution in [2.24, 2.45) is 32.0 Å². The maximum Gasteiger partial charge on any atom is 0 e. The van der Waals surface area contributed by atoms with E-state index in [0.717, 1.165) is 32.0 Å². The van der Waals surface area contributed by atoms with E-state index in [-0.39, 0.29) is 20.1 Å². The van der Waals surface area contributed by atoms with Crippen LogP contribution in [-0.2, 0) is 33.8 Å². The average molecular weight is 753 g/mol. The first-order chi connectivity index (χ1) is 14.5. The topological polar surface area (TPSA) is 574 Å². The van der Waals surface area contributed by atoms with E-state index < -0.39 is 23.5 Å². The molecule has 1 radical (unpaired) electrons. The minimum Gasteiger partial charge on any atom is -0.822 e. The van der Waals surface area contributed by atoms with Crippen molar-refractivity contribution in [3.63, 3.8) is 0 Å². The third-order valence-electron chi connectivity index (χ3n) is 0. The molecule has 213 valence electrons. The first-order valence-electron chi connectivity index (χ1n) is 4.38.